The molecule has 15 heavy (non-hydrogen) atoms. The van der Waals surface area contributed by atoms with Crippen molar-refractivity contribution >= 4 is 5.97 Å². The molecular weight excluding hydrogens is 202 g/mol. The molecule has 82 valence electrons. The van der Waals surface area contributed by atoms with Crippen LogP contribution in [0, 0.1) is 11.6 Å². The van der Waals surface area contributed by atoms with E-state index in [2.05, 4.69) is 0 Å². The average molecular weight is 214 g/mol. The van der Waals surface area contributed by atoms with Crippen molar-refractivity contribution < 1.29 is 18.3 Å². The molecular formula is C11H12F2O2. The van der Waals surface area contributed by atoms with Gasteiger partial charge in [-0.3, -0.25) is 4.79 Å². The molecule has 0 atom stereocenters. The Morgan fingerprint density at radius 2 is 2.07 bits per heavy atom. The Hall–Kier alpha value is -1.45. The number of hydrogen-bond acceptors (Lipinski definition) is 2. The minimum absolute atomic E-state index is 0.0145. The number of ether oxygens (including phenoxy) is 1. The van der Waals surface area contributed by atoms with Gasteiger partial charge in [0.2, 0.25) is 0 Å². The van der Waals surface area contributed by atoms with Crippen molar-refractivity contribution in [1.29, 1.82) is 0 Å². The van der Waals surface area contributed by atoms with Crippen LogP contribution in [0.1, 0.15) is 19.4 Å². The van der Waals surface area contributed by atoms with Crippen molar-refractivity contribution in [2.75, 3.05) is 0 Å². The highest BCUT2D eigenvalue weighted by molar-refractivity contribution is 5.72. The fraction of sp³-hybridized carbons (Fsp3) is 0.364. The summed E-state index contributed by atoms with van der Waals surface area (Å²) >= 11 is 0. The first-order valence-electron chi connectivity index (χ1n) is 4.62. The van der Waals surface area contributed by atoms with Crippen molar-refractivity contribution in [3.63, 3.8) is 0 Å². The van der Waals surface area contributed by atoms with Gasteiger partial charge in [-0.05, 0) is 32.0 Å². The average Bonchev–Trinajstić information content (AvgIpc) is 2.10. The zero-order valence-electron chi connectivity index (χ0n) is 8.59. The molecule has 0 aliphatic rings. The number of carbonyl (C=O) groups excluding carboxylic acids is 1. The number of hydrogen-bond donors (Lipinski definition) is 0. The molecule has 0 heterocycles. The number of halogens is 2. The van der Waals surface area contributed by atoms with Crippen molar-refractivity contribution in [3.05, 3.63) is 35.4 Å². The van der Waals surface area contributed by atoms with Gasteiger partial charge in [-0.1, -0.05) is 0 Å². The van der Waals surface area contributed by atoms with E-state index in [1.807, 2.05) is 0 Å². The largest absolute Gasteiger partial charge is 0.463 e. The molecule has 2 nitrogen and oxygen atoms in total. The van der Waals surface area contributed by atoms with Crippen LogP contribution in [0.3, 0.4) is 0 Å². The Kier molecular flexibility index (Phi) is 3.77. The van der Waals surface area contributed by atoms with E-state index in [0.717, 1.165) is 18.2 Å². The second kappa shape index (κ2) is 4.87. The second-order valence-electron chi connectivity index (χ2n) is 3.45. The van der Waals surface area contributed by atoms with E-state index in [1.165, 1.54) is 0 Å². The van der Waals surface area contributed by atoms with Gasteiger partial charge in [0.1, 0.15) is 11.6 Å². The number of benzene rings is 1. The predicted molar refractivity (Wildman–Crippen MR) is 51.3 cm³/mol. The van der Waals surface area contributed by atoms with Gasteiger partial charge in [0, 0.05) is 5.56 Å². The Morgan fingerprint density at radius 1 is 1.40 bits per heavy atom. The molecule has 0 spiro atoms. The quantitative estimate of drug-likeness (QED) is 0.722. The Labute approximate surface area is 86.9 Å². The fourth-order valence-electron chi connectivity index (χ4n) is 1.14. The summed E-state index contributed by atoms with van der Waals surface area (Å²) in [6.07, 6.45) is -0.504. The third-order valence-electron chi connectivity index (χ3n) is 1.71. The van der Waals surface area contributed by atoms with E-state index in [1.54, 1.807) is 13.8 Å². The van der Waals surface area contributed by atoms with E-state index in [4.69, 9.17) is 4.74 Å². The van der Waals surface area contributed by atoms with Crippen LogP contribution in [0.4, 0.5) is 8.78 Å². The summed E-state index contributed by atoms with van der Waals surface area (Å²) in [4.78, 5) is 11.2. The van der Waals surface area contributed by atoms with Gasteiger partial charge in [0.05, 0.1) is 12.5 Å². The van der Waals surface area contributed by atoms with Crippen LogP contribution in [0.25, 0.3) is 0 Å². The van der Waals surface area contributed by atoms with Crippen LogP contribution in [-0.2, 0) is 16.0 Å². The summed E-state index contributed by atoms with van der Waals surface area (Å²) < 4.78 is 30.7. The summed E-state index contributed by atoms with van der Waals surface area (Å²) in [7, 11) is 0. The molecule has 0 saturated heterocycles. The van der Waals surface area contributed by atoms with E-state index < -0.39 is 17.6 Å². The minimum Gasteiger partial charge on any atom is -0.463 e. The maximum atomic E-state index is 13.1. The molecule has 0 aromatic heterocycles. The van der Waals surface area contributed by atoms with Crippen molar-refractivity contribution in [1.82, 2.24) is 0 Å². The van der Waals surface area contributed by atoms with Gasteiger partial charge in [-0.2, -0.15) is 0 Å². The first-order valence-corrected chi connectivity index (χ1v) is 4.62. The maximum Gasteiger partial charge on any atom is 0.310 e. The number of rotatable bonds is 3. The SMILES string of the molecule is CC(C)OC(=O)Cc1cc(F)ccc1F. The summed E-state index contributed by atoms with van der Waals surface area (Å²) in [6, 6.07) is 3.00. The normalized spacial score (nSPS) is 10.5. The molecule has 0 fully saturated rings. The van der Waals surface area contributed by atoms with Crippen molar-refractivity contribution in [2.24, 2.45) is 0 Å². The number of esters is 1. The predicted octanol–water partition coefficient (Wildman–Crippen LogP) is 2.46. The fourth-order valence-corrected chi connectivity index (χ4v) is 1.14. The van der Waals surface area contributed by atoms with Crippen LogP contribution in [0.15, 0.2) is 18.2 Å². The van der Waals surface area contributed by atoms with Crippen LogP contribution in [0.2, 0.25) is 0 Å². The highest BCUT2D eigenvalue weighted by atomic mass is 19.1. The molecule has 0 aliphatic carbocycles. The summed E-state index contributed by atoms with van der Waals surface area (Å²) in [6.45, 7) is 3.39. The Balaban J connectivity index is 2.71. The van der Waals surface area contributed by atoms with E-state index in [-0.39, 0.29) is 18.1 Å². The van der Waals surface area contributed by atoms with Crippen LogP contribution in [0.5, 0.6) is 0 Å². The van der Waals surface area contributed by atoms with Crippen LogP contribution >= 0.6 is 0 Å². The lowest BCUT2D eigenvalue weighted by Gasteiger charge is -2.08. The molecule has 1 aromatic carbocycles. The van der Waals surface area contributed by atoms with Gasteiger partial charge in [0.15, 0.2) is 0 Å². The Bertz CT molecular complexity index is 362. The van der Waals surface area contributed by atoms with E-state index in [0.29, 0.717) is 0 Å². The van der Waals surface area contributed by atoms with Gasteiger partial charge < -0.3 is 4.74 Å². The summed E-state index contributed by atoms with van der Waals surface area (Å²) in [5, 5.41) is 0. The van der Waals surface area contributed by atoms with Crippen molar-refractivity contribution in [3.8, 4) is 0 Å². The number of carbonyl (C=O) groups is 1. The van der Waals surface area contributed by atoms with Gasteiger partial charge in [-0.15, -0.1) is 0 Å². The summed E-state index contributed by atoms with van der Waals surface area (Å²) in [5.41, 5.74) is 0.0145. The summed E-state index contributed by atoms with van der Waals surface area (Å²) in [5.74, 6) is -1.73. The topological polar surface area (TPSA) is 26.3 Å². The van der Waals surface area contributed by atoms with Crippen LogP contribution in [-0.4, -0.2) is 12.1 Å². The monoisotopic (exact) mass is 214 g/mol. The first-order chi connectivity index (χ1) is 6.99. The lowest BCUT2D eigenvalue weighted by atomic mass is 10.1. The molecule has 0 N–H and O–H groups in total. The first kappa shape index (κ1) is 11.6. The Morgan fingerprint density at radius 3 is 2.67 bits per heavy atom. The standard InChI is InChI=1S/C11H12F2O2/c1-7(2)15-11(14)6-8-5-9(12)3-4-10(8)13/h3-5,7H,6H2,1-2H3. The molecule has 1 aromatic rings. The lowest BCUT2D eigenvalue weighted by Crippen LogP contribution is -2.14. The van der Waals surface area contributed by atoms with Crippen molar-refractivity contribution in [2.45, 2.75) is 26.4 Å². The molecule has 0 radical (unpaired) electrons. The van der Waals surface area contributed by atoms with Crippen LogP contribution < -0.4 is 0 Å². The molecule has 0 unspecified atom stereocenters. The molecule has 0 amide bonds. The molecule has 0 saturated carbocycles. The van der Waals surface area contributed by atoms with E-state index in [9.17, 15) is 13.6 Å². The van der Waals surface area contributed by atoms with Gasteiger partial charge in [0.25, 0.3) is 0 Å². The van der Waals surface area contributed by atoms with E-state index >= 15 is 0 Å². The third kappa shape index (κ3) is 3.65. The molecule has 0 bridgehead atoms. The molecule has 1 rings (SSSR count). The second-order valence-corrected chi connectivity index (χ2v) is 3.45. The zero-order valence-corrected chi connectivity index (χ0v) is 8.59. The molecule has 0 aliphatic heterocycles. The zero-order chi connectivity index (χ0) is 11.4. The highest BCUT2D eigenvalue weighted by Gasteiger charge is 2.11. The lowest BCUT2D eigenvalue weighted by molar-refractivity contribution is -0.146. The minimum atomic E-state index is -0.600. The smallest absolute Gasteiger partial charge is 0.310 e. The molecule has 4 heteroatoms. The maximum absolute atomic E-state index is 13.1. The highest BCUT2D eigenvalue weighted by Crippen LogP contribution is 2.11. The van der Waals surface area contributed by atoms with Gasteiger partial charge >= 0.3 is 5.97 Å². The van der Waals surface area contributed by atoms with Gasteiger partial charge in [-0.25, -0.2) is 8.78 Å². The third-order valence-corrected chi connectivity index (χ3v) is 1.71.